The predicted molar refractivity (Wildman–Crippen MR) is 76.7 cm³/mol. The number of benzene rings is 1. The fourth-order valence-corrected chi connectivity index (χ4v) is 2.03. The molecular formula is C11H13FINO3S. The third-order valence-electron chi connectivity index (χ3n) is 2.65. The van der Waals surface area contributed by atoms with Gasteiger partial charge in [0.2, 0.25) is 5.91 Å². The highest BCUT2D eigenvalue weighted by molar-refractivity contribution is 14.1. The van der Waals surface area contributed by atoms with E-state index in [9.17, 15) is 17.6 Å². The molecule has 1 amide bonds. The molecule has 7 heteroatoms. The summed E-state index contributed by atoms with van der Waals surface area (Å²) in [5, 5.41) is 2.49. The van der Waals surface area contributed by atoms with Gasteiger partial charge in [-0.05, 0) is 54.6 Å². The first kappa shape index (κ1) is 15.4. The molecule has 0 aromatic heterocycles. The Morgan fingerprint density at radius 2 is 1.94 bits per heavy atom. The van der Waals surface area contributed by atoms with Crippen LogP contribution in [-0.2, 0) is 14.6 Å². The summed E-state index contributed by atoms with van der Waals surface area (Å²) < 4.78 is 34.9. The number of hydrogen-bond acceptors (Lipinski definition) is 3. The summed E-state index contributed by atoms with van der Waals surface area (Å²) in [7, 11) is -3.53. The second kappa shape index (κ2) is 5.12. The van der Waals surface area contributed by atoms with Crippen molar-refractivity contribution in [2.75, 3.05) is 11.6 Å². The second-order valence-electron chi connectivity index (χ2n) is 4.36. The highest BCUT2D eigenvalue weighted by atomic mass is 127. The van der Waals surface area contributed by atoms with Gasteiger partial charge >= 0.3 is 0 Å². The van der Waals surface area contributed by atoms with Gasteiger partial charge in [-0.2, -0.15) is 0 Å². The Balaban J connectivity index is 3.02. The van der Waals surface area contributed by atoms with E-state index in [0.717, 1.165) is 6.26 Å². The van der Waals surface area contributed by atoms with Gasteiger partial charge in [-0.3, -0.25) is 4.79 Å². The molecule has 0 saturated heterocycles. The molecule has 1 rings (SSSR count). The molecule has 0 heterocycles. The molecule has 4 nitrogen and oxygen atoms in total. The van der Waals surface area contributed by atoms with Crippen molar-refractivity contribution < 1.29 is 17.6 Å². The summed E-state index contributed by atoms with van der Waals surface area (Å²) in [6, 6.07) is 3.85. The molecule has 0 aliphatic carbocycles. The SMILES string of the molecule is CC(C)(C(=O)Nc1ccc(F)cc1I)S(C)(=O)=O. The van der Waals surface area contributed by atoms with Crippen molar-refractivity contribution in [2.24, 2.45) is 0 Å². The average Bonchev–Trinajstić information content (AvgIpc) is 2.20. The van der Waals surface area contributed by atoms with Gasteiger partial charge in [0.05, 0.1) is 5.69 Å². The van der Waals surface area contributed by atoms with Crippen LogP contribution in [0.2, 0.25) is 0 Å². The third-order valence-corrected chi connectivity index (χ3v) is 5.58. The van der Waals surface area contributed by atoms with Crippen LogP contribution in [0, 0.1) is 9.39 Å². The Hall–Kier alpha value is -0.700. The largest absolute Gasteiger partial charge is 0.324 e. The minimum atomic E-state index is -3.53. The Morgan fingerprint density at radius 1 is 1.39 bits per heavy atom. The molecule has 1 aromatic rings. The maximum Gasteiger partial charge on any atom is 0.245 e. The molecule has 0 fully saturated rings. The zero-order valence-corrected chi connectivity index (χ0v) is 13.1. The van der Waals surface area contributed by atoms with E-state index < -0.39 is 26.3 Å². The fraction of sp³-hybridized carbons (Fsp3) is 0.364. The lowest BCUT2D eigenvalue weighted by atomic mass is 10.2. The van der Waals surface area contributed by atoms with Crippen LogP contribution in [0.5, 0.6) is 0 Å². The third kappa shape index (κ3) is 3.19. The number of halogens is 2. The molecule has 0 aliphatic heterocycles. The number of sulfone groups is 1. The van der Waals surface area contributed by atoms with Crippen LogP contribution < -0.4 is 5.32 Å². The smallest absolute Gasteiger partial charge is 0.245 e. The van der Waals surface area contributed by atoms with E-state index in [4.69, 9.17) is 0 Å². The van der Waals surface area contributed by atoms with Gasteiger partial charge in [0.25, 0.3) is 0 Å². The maximum atomic E-state index is 12.9. The number of rotatable bonds is 3. The zero-order chi connectivity index (χ0) is 14.1. The van der Waals surface area contributed by atoms with E-state index in [1.54, 1.807) is 0 Å². The summed E-state index contributed by atoms with van der Waals surface area (Å²) >= 11 is 1.86. The second-order valence-corrected chi connectivity index (χ2v) is 8.09. The van der Waals surface area contributed by atoms with E-state index >= 15 is 0 Å². The Morgan fingerprint density at radius 3 is 2.39 bits per heavy atom. The number of carbonyl (C=O) groups is 1. The van der Waals surface area contributed by atoms with Crippen LogP contribution in [0.15, 0.2) is 18.2 Å². The number of anilines is 1. The van der Waals surface area contributed by atoms with Gasteiger partial charge in [0.15, 0.2) is 9.84 Å². The van der Waals surface area contributed by atoms with Crippen LogP contribution >= 0.6 is 22.6 Å². The zero-order valence-electron chi connectivity index (χ0n) is 10.1. The molecule has 0 radical (unpaired) electrons. The number of hydrogen-bond donors (Lipinski definition) is 1. The van der Waals surface area contributed by atoms with Crippen LogP contribution in [-0.4, -0.2) is 25.3 Å². The first-order valence-corrected chi connectivity index (χ1v) is 7.99. The number of nitrogens with one attached hydrogen (secondary N) is 1. The van der Waals surface area contributed by atoms with Crippen molar-refractivity contribution in [2.45, 2.75) is 18.6 Å². The van der Waals surface area contributed by atoms with Crippen LogP contribution in [0.25, 0.3) is 0 Å². The molecule has 1 N–H and O–H groups in total. The molecule has 1 aromatic carbocycles. The predicted octanol–water partition coefficient (Wildman–Crippen LogP) is 2.19. The Kier molecular flexibility index (Phi) is 4.37. The summed E-state index contributed by atoms with van der Waals surface area (Å²) in [4.78, 5) is 11.9. The van der Waals surface area contributed by atoms with E-state index in [0.29, 0.717) is 9.26 Å². The lowest BCUT2D eigenvalue weighted by molar-refractivity contribution is -0.117. The highest BCUT2D eigenvalue weighted by Crippen LogP contribution is 2.22. The topological polar surface area (TPSA) is 63.2 Å². The van der Waals surface area contributed by atoms with Crippen molar-refractivity contribution in [1.29, 1.82) is 0 Å². The Labute approximate surface area is 119 Å². The number of amides is 1. The molecule has 0 atom stereocenters. The van der Waals surface area contributed by atoms with E-state index in [-0.39, 0.29) is 0 Å². The first-order valence-electron chi connectivity index (χ1n) is 5.02. The molecule has 0 bridgehead atoms. The average molecular weight is 385 g/mol. The summed E-state index contributed by atoms with van der Waals surface area (Å²) in [6.45, 7) is 2.65. The fourth-order valence-electron chi connectivity index (χ4n) is 1.03. The van der Waals surface area contributed by atoms with Crippen LogP contribution in [0.4, 0.5) is 10.1 Å². The monoisotopic (exact) mass is 385 g/mol. The summed E-state index contributed by atoms with van der Waals surface area (Å²) in [5.74, 6) is -1.06. The number of carbonyl (C=O) groups excluding carboxylic acids is 1. The molecule has 0 spiro atoms. The van der Waals surface area contributed by atoms with Crippen molar-refractivity contribution >= 4 is 44.0 Å². The lowest BCUT2D eigenvalue weighted by Crippen LogP contribution is -2.44. The lowest BCUT2D eigenvalue weighted by Gasteiger charge is -2.21. The minimum Gasteiger partial charge on any atom is -0.324 e. The summed E-state index contributed by atoms with van der Waals surface area (Å²) in [5.41, 5.74) is 0.388. The van der Waals surface area contributed by atoms with Crippen molar-refractivity contribution in [1.82, 2.24) is 0 Å². The molecular weight excluding hydrogens is 372 g/mol. The summed E-state index contributed by atoms with van der Waals surface area (Å²) in [6.07, 6.45) is 1.00. The van der Waals surface area contributed by atoms with Gasteiger partial charge in [0.1, 0.15) is 10.6 Å². The maximum absolute atomic E-state index is 12.9. The van der Waals surface area contributed by atoms with Crippen LogP contribution in [0.1, 0.15) is 13.8 Å². The van der Waals surface area contributed by atoms with E-state index in [2.05, 4.69) is 5.32 Å². The molecule has 0 saturated carbocycles. The van der Waals surface area contributed by atoms with Gasteiger partial charge in [0, 0.05) is 9.83 Å². The first-order chi connectivity index (χ1) is 8.05. The van der Waals surface area contributed by atoms with E-state index in [1.807, 2.05) is 22.6 Å². The minimum absolute atomic E-state index is 0.388. The molecule has 100 valence electrons. The van der Waals surface area contributed by atoms with Crippen molar-refractivity contribution in [3.8, 4) is 0 Å². The van der Waals surface area contributed by atoms with Gasteiger partial charge < -0.3 is 5.32 Å². The normalized spacial score (nSPS) is 12.3. The van der Waals surface area contributed by atoms with Gasteiger partial charge in [-0.25, -0.2) is 12.8 Å². The molecule has 18 heavy (non-hydrogen) atoms. The van der Waals surface area contributed by atoms with Crippen molar-refractivity contribution in [3.63, 3.8) is 0 Å². The highest BCUT2D eigenvalue weighted by Gasteiger charge is 2.38. The van der Waals surface area contributed by atoms with Crippen LogP contribution in [0.3, 0.4) is 0 Å². The van der Waals surface area contributed by atoms with E-state index in [1.165, 1.54) is 32.0 Å². The molecule has 0 aliphatic rings. The quantitative estimate of drug-likeness (QED) is 0.812. The van der Waals surface area contributed by atoms with Gasteiger partial charge in [-0.1, -0.05) is 0 Å². The Bertz CT molecular complexity index is 584. The standard InChI is InChI=1S/C11H13FINO3S/c1-11(2,18(3,16)17)10(15)14-9-5-4-7(12)6-8(9)13/h4-6H,1-3H3,(H,14,15). The van der Waals surface area contributed by atoms with Crippen molar-refractivity contribution in [3.05, 3.63) is 27.6 Å². The molecule has 0 unspecified atom stereocenters. The van der Waals surface area contributed by atoms with Gasteiger partial charge in [-0.15, -0.1) is 0 Å².